The van der Waals surface area contributed by atoms with Crippen molar-refractivity contribution in [2.24, 2.45) is 5.92 Å². The van der Waals surface area contributed by atoms with Gasteiger partial charge in [-0.1, -0.05) is 30.7 Å². The summed E-state index contributed by atoms with van der Waals surface area (Å²) in [6, 6.07) is -0.0919. The van der Waals surface area contributed by atoms with Crippen molar-refractivity contribution >= 4 is 17.8 Å². The number of ether oxygens (including phenoxy) is 5. The van der Waals surface area contributed by atoms with Crippen molar-refractivity contribution in [2.75, 3.05) is 13.7 Å². The second-order valence-electron chi connectivity index (χ2n) is 10.9. The highest BCUT2D eigenvalue weighted by Gasteiger charge is 2.51. The van der Waals surface area contributed by atoms with Crippen molar-refractivity contribution in [3.8, 4) is 0 Å². The van der Waals surface area contributed by atoms with Gasteiger partial charge < -0.3 is 29.0 Å². The van der Waals surface area contributed by atoms with Crippen LogP contribution >= 0.6 is 0 Å². The second kappa shape index (κ2) is 13.5. The molecule has 8 atom stereocenters. The van der Waals surface area contributed by atoms with E-state index >= 15 is 0 Å². The number of hydrogen-bond acceptors (Lipinski definition) is 8. The van der Waals surface area contributed by atoms with Gasteiger partial charge in [0.2, 0.25) is 5.91 Å². The lowest BCUT2D eigenvalue weighted by atomic mass is 9.88. The zero-order valence-corrected chi connectivity index (χ0v) is 23.4. The lowest BCUT2D eigenvalue weighted by Gasteiger charge is -2.39. The van der Waals surface area contributed by atoms with Gasteiger partial charge in [-0.3, -0.25) is 14.4 Å². The summed E-state index contributed by atoms with van der Waals surface area (Å²) in [6.07, 6.45) is 11.7. The van der Waals surface area contributed by atoms with Gasteiger partial charge in [-0.25, -0.2) is 0 Å². The largest absolute Gasteiger partial charge is 0.469 e. The SMILES string of the molecule is COC(=O)C[C@@H]1CC2(CO2)C[C@@H](/C=C/C(C)=C/C[C@@H]2O[C@H](C)[C@H](NC(=O)/C=C\[C@H](C)OC(C)=O)C[C@@H]2C)O1. The monoisotopic (exact) mass is 533 g/mol. The van der Waals surface area contributed by atoms with Crippen molar-refractivity contribution in [3.63, 3.8) is 0 Å². The lowest BCUT2D eigenvalue weighted by molar-refractivity contribution is -0.147. The summed E-state index contributed by atoms with van der Waals surface area (Å²) in [5.74, 6) is -0.618. The smallest absolute Gasteiger partial charge is 0.308 e. The molecule has 3 heterocycles. The first-order valence-electron chi connectivity index (χ1n) is 13.5. The molecule has 0 saturated carbocycles. The van der Waals surface area contributed by atoms with E-state index in [0.29, 0.717) is 6.61 Å². The molecule has 3 aliphatic heterocycles. The maximum Gasteiger partial charge on any atom is 0.308 e. The van der Waals surface area contributed by atoms with Crippen LogP contribution in [0.25, 0.3) is 0 Å². The Labute approximate surface area is 225 Å². The van der Waals surface area contributed by atoms with Gasteiger partial charge in [-0.2, -0.15) is 0 Å². The molecule has 0 aromatic heterocycles. The lowest BCUT2D eigenvalue weighted by Crippen LogP contribution is -2.50. The standard InChI is InChI=1S/C29H43NO8/c1-18(7-10-23-15-29(17-35-29)16-24(38-23)14-28(33)34-6)8-11-26-19(2)13-25(21(4)37-26)30-27(32)12-9-20(3)36-22(5)31/h7-10,12,19-21,23-26H,11,13-17H2,1-6H3,(H,30,32)/b10-7+,12-9-,18-8+/t19-,20-,21+,23+,24+,25+,26-,29?/m0/s1. The van der Waals surface area contributed by atoms with Crippen molar-refractivity contribution in [1.82, 2.24) is 5.32 Å². The molecular weight excluding hydrogens is 490 g/mol. The van der Waals surface area contributed by atoms with Gasteiger partial charge in [0, 0.05) is 25.8 Å². The zero-order chi connectivity index (χ0) is 27.9. The van der Waals surface area contributed by atoms with E-state index in [2.05, 4.69) is 31.3 Å². The molecule has 0 radical (unpaired) electrons. The fraction of sp³-hybridized carbons (Fsp3) is 0.690. The minimum atomic E-state index is -0.459. The molecule has 1 amide bonds. The molecule has 0 aliphatic carbocycles. The maximum absolute atomic E-state index is 12.3. The van der Waals surface area contributed by atoms with Gasteiger partial charge in [-0.15, -0.1) is 0 Å². The number of nitrogens with one attached hydrogen (secondary N) is 1. The molecule has 3 saturated heterocycles. The molecule has 3 fully saturated rings. The average molecular weight is 534 g/mol. The third kappa shape index (κ3) is 9.36. The van der Waals surface area contributed by atoms with Gasteiger partial charge in [0.15, 0.2) is 0 Å². The van der Waals surface area contributed by atoms with E-state index in [4.69, 9.17) is 23.7 Å². The Morgan fingerprint density at radius 2 is 1.87 bits per heavy atom. The third-order valence-electron chi connectivity index (χ3n) is 7.38. The van der Waals surface area contributed by atoms with Gasteiger partial charge in [0.1, 0.15) is 6.10 Å². The Balaban J connectivity index is 1.47. The molecule has 3 aliphatic rings. The highest BCUT2D eigenvalue weighted by Crippen LogP contribution is 2.43. The van der Waals surface area contributed by atoms with Crippen LogP contribution in [-0.2, 0) is 38.1 Å². The predicted molar refractivity (Wildman–Crippen MR) is 141 cm³/mol. The van der Waals surface area contributed by atoms with Crippen molar-refractivity contribution in [1.29, 1.82) is 0 Å². The molecule has 3 rings (SSSR count). The number of methoxy groups -OCH3 is 1. The topological polar surface area (TPSA) is 113 Å². The van der Waals surface area contributed by atoms with E-state index in [9.17, 15) is 14.4 Å². The van der Waals surface area contributed by atoms with E-state index in [0.717, 1.165) is 31.3 Å². The van der Waals surface area contributed by atoms with Gasteiger partial charge in [0.05, 0.1) is 56.2 Å². The molecule has 212 valence electrons. The highest BCUT2D eigenvalue weighted by atomic mass is 16.6. The van der Waals surface area contributed by atoms with Gasteiger partial charge >= 0.3 is 11.9 Å². The van der Waals surface area contributed by atoms with Crippen LogP contribution < -0.4 is 5.32 Å². The number of hydrogen-bond donors (Lipinski definition) is 1. The Kier molecular flexibility index (Phi) is 10.7. The molecule has 38 heavy (non-hydrogen) atoms. The summed E-state index contributed by atoms with van der Waals surface area (Å²) >= 11 is 0. The quantitative estimate of drug-likeness (QED) is 0.196. The number of epoxide rings is 1. The predicted octanol–water partition coefficient (Wildman–Crippen LogP) is 3.56. The number of carbonyl (C=O) groups is 3. The number of esters is 2. The Morgan fingerprint density at radius 3 is 2.53 bits per heavy atom. The fourth-order valence-electron chi connectivity index (χ4n) is 5.15. The summed E-state index contributed by atoms with van der Waals surface area (Å²) in [6.45, 7) is 9.93. The number of carbonyl (C=O) groups excluding carboxylic acids is 3. The van der Waals surface area contributed by atoms with Crippen LogP contribution in [0.4, 0.5) is 0 Å². The average Bonchev–Trinajstić information content (AvgIpc) is 3.59. The van der Waals surface area contributed by atoms with E-state index in [1.54, 1.807) is 13.0 Å². The van der Waals surface area contributed by atoms with E-state index in [1.165, 1.54) is 20.1 Å². The van der Waals surface area contributed by atoms with E-state index in [1.807, 2.05) is 13.0 Å². The molecule has 0 aromatic carbocycles. The summed E-state index contributed by atoms with van der Waals surface area (Å²) < 4.78 is 27.9. The van der Waals surface area contributed by atoms with Crippen LogP contribution in [0.5, 0.6) is 0 Å². The number of rotatable bonds is 10. The summed E-state index contributed by atoms with van der Waals surface area (Å²) in [5.41, 5.74) is 0.952. The van der Waals surface area contributed by atoms with Crippen LogP contribution in [0, 0.1) is 5.92 Å². The molecular formula is C29H43NO8. The second-order valence-corrected chi connectivity index (χ2v) is 10.9. The third-order valence-corrected chi connectivity index (χ3v) is 7.38. The Morgan fingerprint density at radius 1 is 1.13 bits per heavy atom. The van der Waals surface area contributed by atoms with Crippen LogP contribution in [0.3, 0.4) is 0 Å². The van der Waals surface area contributed by atoms with Crippen LogP contribution in [0.1, 0.15) is 66.7 Å². The maximum atomic E-state index is 12.3. The first-order valence-corrected chi connectivity index (χ1v) is 13.5. The Hall–Kier alpha value is -2.49. The molecule has 9 nitrogen and oxygen atoms in total. The van der Waals surface area contributed by atoms with Crippen molar-refractivity contribution in [2.45, 2.75) is 109 Å². The zero-order valence-electron chi connectivity index (χ0n) is 23.4. The van der Waals surface area contributed by atoms with Crippen molar-refractivity contribution < 1.29 is 38.1 Å². The summed E-state index contributed by atoms with van der Waals surface area (Å²) in [7, 11) is 1.39. The first-order chi connectivity index (χ1) is 18.0. The molecule has 0 bridgehead atoms. The Bertz CT molecular complexity index is 937. The summed E-state index contributed by atoms with van der Waals surface area (Å²) in [4.78, 5) is 35.0. The van der Waals surface area contributed by atoms with Crippen LogP contribution in [0.2, 0.25) is 0 Å². The number of amides is 1. The fourth-order valence-corrected chi connectivity index (χ4v) is 5.15. The minimum absolute atomic E-state index is 0.0551. The van der Waals surface area contributed by atoms with Crippen LogP contribution in [-0.4, -0.2) is 73.7 Å². The van der Waals surface area contributed by atoms with E-state index in [-0.39, 0.29) is 66.2 Å². The van der Waals surface area contributed by atoms with Crippen LogP contribution in [0.15, 0.2) is 36.0 Å². The normalized spacial score (nSPS) is 34.3. The molecule has 1 unspecified atom stereocenters. The number of allylic oxidation sites excluding steroid dienone is 2. The molecule has 1 spiro atoms. The van der Waals surface area contributed by atoms with Gasteiger partial charge in [-0.05, 0) is 45.6 Å². The minimum Gasteiger partial charge on any atom is -0.469 e. The summed E-state index contributed by atoms with van der Waals surface area (Å²) in [5, 5.41) is 3.01. The first kappa shape index (κ1) is 30.1. The molecule has 9 heteroatoms. The van der Waals surface area contributed by atoms with Gasteiger partial charge in [0.25, 0.3) is 0 Å². The van der Waals surface area contributed by atoms with E-state index < -0.39 is 6.10 Å². The molecule has 0 aromatic rings. The van der Waals surface area contributed by atoms with Crippen molar-refractivity contribution in [3.05, 3.63) is 36.0 Å². The molecule has 1 N–H and O–H groups in total. The highest BCUT2D eigenvalue weighted by molar-refractivity contribution is 5.87.